The first-order valence-corrected chi connectivity index (χ1v) is 7.10. The van der Waals surface area contributed by atoms with Gasteiger partial charge in [0.1, 0.15) is 0 Å². The average molecular weight is 306 g/mol. The summed E-state index contributed by atoms with van der Waals surface area (Å²) in [6.45, 7) is 1.99. The second kappa shape index (κ2) is 7.77. The summed E-state index contributed by atoms with van der Waals surface area (Å²) in [5.74, 6) is 0. The second-order valence-corrected chi connectivity index (χ2v) is 4.96. The maximum Gasteiger partial charge on any atom is 0.322 e. The molecule has 1 aromatic heterocycles. The van der Waals surface area contributed by atoms with Crippen molar-refractivity contribution in [1.29, 1.82) is 0 Å². The number of fused-ring (bicyclic) bond motifs is 1. The van der Waals surface area contributed by atoms with Gasteiger partial charge in [-0.3, -0.25) is 0 Å². The minimum Gasteiger partial charge on any atom is -0.383 e. The fraction of sp³-hybridized carbons (Fsp3) is 0.467. The Balaban J connectivity index is 2.05. The summed E-state index contributed by atoms with van der Waals surface area (Å²) in [5.41, 5.74) is 2.59. The Morgan fingerprint density at radius 1 is 1.27 bits per heavy atom. The van der Waals surface area contributed by atoms with Crippen LogP contribution in [0.15, 0.2) is 24.5 Å². The molecule has 0 spiro atoms. The van der Waals surface area contributed by atoms with Gasteiger partial charge in [0, 0.05) is 40.0 Å². The molecule has 22 heavy (non-hydrogen) atoms. The van der Waals surface area contributed by atoms with E-state index in [0.29, 0.717) is 26.3 Å². The molecule has 7 heteroatoms. The molecule has 2 rings (SSSR count). The average Bonchev–Trinajstić information content (AvgIpc) is 2.88. The lowest BCUT2D eigenvalue weighted by molar-refractivity contribution is 0.127. The van der Waals surface area contributed by atoms with E-state index in [1.807, 2.05) is 29.8 Å². The van der Waals surface area contributed by atoms with Crippen molar-refractivity contribution in [1.82, 2.24) is 14.5 Å². The van der Waals surface area contributed by atoms with Crippen LogP contribution in [0.3, 0.4) is 0 Å². The van der Waals surface area contributed by atoms with Crippen molar-refractivity contribution in [2.75, 3.05) is 45.8 Å². The molecule has 1 N–H and O–H groups in total. The van der Waals surface area contributed by atoms with Crippen LogP contribution in [0.1, 0.15) is 0 Å². The predicted octanol–water partition coefficient (Wildman–Crippen LogP) is 1.70. The van der Waals surface area contributed by atoms with E-state index >= 15 is 0 Å². The van der Waals surface area contributed by atoms with Gasteiger partial charge >= 0.3 is 6.03 Å². The zero-order valence-electron chi connectivity index (χ0n) is 13.2. The number of rotatable bonds is 7. The maximum atomic E-state index is 12.3. The number of anilines is 1. The number of aromatic nitrogens is 2. The van der Waals surface area contributed by atoms with Gasteiger partial charge in [0.2, 0.25) is 0 Å². The largest absolute Gasteiger partial charge is 0.383 e. The number of ether oxygens (including phenoxy) is 2. The summed E-state index contributed by atoms with van der Waals surface area (Å²) in [4.78, 5) is 18.3. The highest BCUT2D eigenvalue weighted by Crippen LogP contribution is 2.17. The Hall–Kier alpha value is -2.12. The first kappa shape index (κ1) is 16.3. The monoisotopic (exact) mass is 306 g/mol. The van der Waals surface area contributed by atoms with Gasteiger partial charge in [-0.2, -0.15) is 0 Å². The van der Waals surface area contributed by atoms with Gasteiger partial charge in [-0.15, -0.1) is 0 Å². The van der Waals surface area contributed by atoms with Crippen LogP contribution in [0.4, 0.5) is 10.5 Å². The quantitative estimate of drug-likeness (QED) is 0.845. The smallest absolute Gasteiger partial charge is 0.322 e. The number of imidazole rings is 1. The molecule has 0 radical (unpaired) electrons. The van der Waals surface area contributed by atoms with Gasteiger partial charge in [-0.25, -0.2) is 9.78 Å². The molecule has 0 atom stereocenters. The van der Waals surface area contributed by atoms with Crippen molar-refractivity contribution in [3.05, 3.63) is 24.5 Å². The van der Waals surface area contributed by atoms with Crippen LogP contribution in [0.25, 0.3) is 11.0 Å². The van der Waals surface area contributed by atoms with E-state index < -0.39 is 0 Å². The molecular weight excluding hydrogens is 284 g/mol. The number of methoxy groups -OCH3 is 2. The number of carbonyl (C=O) groups is 1. The van der Waals surface area contributed by atoms with Crippen molar-refractivity contribution < 1.29 is 14.3 Å². The molecule has 0 aliphatic heterocycles. The van der Waals surface area contributed by atoms with Crippen LogP contribution in [0, 0.1) is 0 Å². The Bertz CT molecular complexity index is 618. The van der Waals surface area contributed by atoms with Crippen LogP contribution in [-0.2, 0) is 16.5 Å². The molecule has 0 aliphatic rings. The number of nitrogens with zero attached hydrogens (tertiary/aromatic N) is 3. The molecule has 2 aromatic rings. The fourth-order valence-electron chi connectivity index (χ4n) is 2.13. The summed E-state index contributed by atoms with van der Waals surface area (Å²) in [6.07, 6.45) is 1.75. The number of amides is 2. The zero-order valence-corrected chi connectivity index (χ0v) is 13.2. The topological polar surface area (TPSA) is 68.6 Å². The third-order valence-corrected chi connectivity index (χ3v) is 3.39. The van der Waals surface area contributed by atoms with E-state index in [4.69, 9.17) is 9.47 Å². The molecule has 0 fully saturated rings. The van der Waals surface area contributed by atoms with Gasteiger partial charge in [0.15, 0.2) is 0 Å². The fourth-order valence-corrected chi connectivity index (χ4v) is 2.13. The molecule has 0 saturated heterocycles. The summed E-state index contributed by atoms with van der Waals surface area (Å²) >= 11 is 0. The Morgan fingerprint density at radius 3 is 2.59 bits per heavy atom. The molecule has 0 bridgehead atoms. The highest BCUT2D eigenvalue weighted by atomic mass is 16.5. The molecule has 0 aliphatic carbocycles. The summed E-state index contributed by atoms with van der Waals surface area (Å²) in [6, 6.07) is 5.49. The second-order valence-electron chi connectivity index (χ2n) is 4.96. The van der Waals surface area contributed by atoms with Crippen LogP contribution in [0.2, 0.25) is 0 Å². The Labute approximate surface area is 129 Å². The first-order valence-electron chi connectivity index (χ1n) is 7.10. The van der Waals surface area contributed by atoms with Crippen molar-refractivity contribution in [2.24, 2.45) is 7.05 Å². The van der Waals surface area contributed by atoms with Gasteiger partial charge in [0.05, 0.1) is 30.6 Å². The van der Waals surface area contributed by atoms with E-state index in [2.05, 4.69) is 10.3 Å². The summed E-state index contributed by atoms with van der Waals surface area (Å²) in [5, 5.41) is 2.89. The number of aryl methyl sites for hydroxylation is 1. The number of carbonyl (C=O) groups excluding carboxylic acids is 1. The van der Waals surface area contributed by atoms with E-state index in [-0.39, 0.29) is 6.03 Å². The van der Waals surface area contributed by atoms with E-state index in [9.17, 15) is 4.79 Å². The van der Waals surface area contributed by atoms with E-state index in [0.717, 1.165) is 16.7 Å². The minimum absolute atomic E-state index is 0.176. The lowest BCUT2D eigenvalue weighted by Gasteiger charge is -2.22. The first-order chi connectivity index (χ1) is 10.7. The highest BCUT2D eigenvalue weighted by Gasteiger charge is 2.13. The summed E-state index contributed by atoms with van der Waals surface area (Å²) < 4.78 is 12.0. The van der Waals surface area contributed by atoms with Gasteiger partial charge in [-0.05, 0) is 18.2 Å². The van der Waals surface area contributed by atoms with E-state index in [1.54, 1.807) is 25.4 Å². The Kier molecular flexibility index (Phi) is 5.74. The molecule has 2 amide bonds. The van der Waals surface area contributed by atoms with Crippen LogP contribution in [0.5, 0.6) is 0 Å². The molecule has 120 valence electrons. The third kappa shape index (κ3) is 3.96. The molecular formula is C15H22N4O3. The molecule has 1 aromatic carbocycles. The normalized spacial score (nSPS) is 10.9. The molecule has 0 saturated carbocycles. The molecule has 7 nitrogen and oxygen atoms in total. The van der Waals surface area contributed by atoms with Gasteiger partial charge < -0.3 is 24.3 Å². The number of benzene rings is 1. The maximum absolute atomic E-state index is 12.3. The number of hydrogen-bond donors (Lipinski definition) is 1. The van der Waals surface area contributed by atoms with Crippen molar-refractivity contribution in [3.8, 4) is 0 Å². The number of nitrogens with one attached hydrogen (secondary N) is 1. The van der Waals surface area contributed by atoms with Crippen molar-refractivity contribution in [3.63, 3.8) is 0 Å². The number of urea groups is 1. The van der Waals surface area contributed by atoms with Crippen LogP contribution >= 0.6 is 0 Å². The SMILES string of the molecule is COCCN(CCOC)C(=O)Nc1ccc2c(c1)ncn2C. The van der Waals surface area contributed by atoms with Gasteiger partial charge in [-0.1, -0.05) is 0 Å². The Morgan fingerprint density at radius 2 is 1.95 bits per heavy atom. The third-order valence-electron chi connectivity index (χ3n) is 3.39. The van der Waals surface area contributed by atoms with Crippen molar-refractivity contribution in [2.45, 2.75) is 0 Å². The lowest BCUT2D eigenvalue weighted by atomic mass is 10.2. The van der Waals surface area contributed by atoms with Crippen molar-refractivity contribution >= 4 is 22.8 Å². The van der Waals surface area contributed by atoms with Gasteiger partial charge in [0.25, 0.3) is 0 Å². The minimum atomic E-state index is -0.176. The summed E-state index contributed by atoms with van der Waals surface area (Å²) in [7, 11) is 5.16. The van der Waals surface area contributed by atoms with Crippen LogP contribution < -0.4 is 5.32 Å². The highest BCUT2D eigenvalue weighted by molar-refractivity contribution is 5.92. The predicted molar refractivity (Wildman–Crippen MR) is 85.1 cm³/mol. The van der Waals surface area contributed by atoms with E-state index in [1.165, 1.54) is 0 Å². The molecule has 0 unspecified atom stereocenters. The number of hydrogen-bond acceptors (Lipinski definition) is 4. The van der Waals surface area contributed by atoms with Crippen LogP contribution in [-0.4, -0.2) is 61.0 Å². The zero-order chi connectivity index (χ0) is 15.9. The standard InChI is InChI=1S/C15H22N4O3/c1-18-11-16-13-10-12(4-5-14(13)18)17-15(20)19(6-8-21-2)7-9-22-3/h4-5,10-11H,6-9H2,1-3H3,(H,17,20). The lowest BCUT2D eigenvalue weighted by Crippen LogP contribution is -2.39. The molecule has 1 heterocycles.